The van der Waals surface area contributed by atoms with Crippen LogP contribution in [0.25, 0.3) is 12.2 Å². The van der Waals surface area contributed by atoms with E-state index in [2.05, 4.69) is 41.8 Å². The van der Waals surface area contributed by atoms with Crippen LogP contribution in [0.3, 0.4) is 0 Å². The molecule has 1 fully saturated rings. The zero-order valence-electron chi connectivity index (χ0n) is 14.9. The van der Waals surface area contributed by atoms with Crippen LogP contribution in [-0.2, 0) is 13.1 Å². The summed E-state index contributed by atoms with van der Waals surface area (Å²) in [5, 5.41) is 3.48. The van der Waals surface area contributed by atoms with Crippen molar-refractivity contribution in [1.82, 2.24) is 19.8 Å². The molecule has 0 aromatic carbocycles. The normalized spacial score (nSPS) is 19.0. The molecular formula is C19H32N4. The van der Waals surface area contributed by atoms with Gasteiger partial charge in [0.05, 0.1) is 17.9 Å². The largest absolute Gasteiger partial charge is 0.327 e. The Balaban J connectivity index is 2.18. The fourth-order valence-corrected chi connectivity index (χ4v) is 3.46. The standard InChI is InChI=1S/C19H32N4/c1-5-11-20-13-19-21-17(6-2)18(7-3)23(19)15-16-10-9-12-22(8-4)14-16/h6-7,16,20H,2-3,5,8-15H2,1,4H3/t16-/m0/s1. The van der Waals surface area contributed by atoms with Gasteiger partial charge in [0.1, 0.15) is 5.82 Å². The van der Waals surface area contributed by atoms with Crippen LogP contribution in [0.15, 0.2) is 13.2 Å². The second-order valence-electron chi connectivity index (χ2n) is 6.40. The fraction of sp³-hybridized carbons (Fsp3) is 0.632. The van der Waals surface area contributed by atoms with Gasteiger partial charge in [0.2, 0.25) is 0 Å². The number of hydrogen-bond acceptors (Lipinski definition) is 3. The van der Waals surface area contributed by atoms with Crippen LogP contribution in [0.2, 0.25) is 0 Å². The van der Waals surface area contributed by atoms with E-state index in [4.69, 9.17) is 4.98 Å². The van der Waals surface area contributed by atoms with Gasteiger partial charge < -0.3 is 14.8 Å². The lowest BCUT2D eigenvalue weighted by molar-refractivity contribution is 0.169. The van der Waals surface area contributed by atoms with Crippen LogP contribution >= 0.6 is 0 Å². The summed E-state index contributed by atoms with van der Waals surface area (Å²) in [5.74, 6) is 1.80. The van der Waals surface area contributed by atoms with Crippen LogP contribution in [0.4, 0.5) is 0 Å². The third-order valence-corrected chi connectivity index (χ3v) is 4.70. The molecule has 4 nitrogen and oxygen atoms in total. The molecule has 2 heterocycles. The predicted octanol–water partition coefficient (Wildman–Crippen LogP) is 3.40. The first-order valence-electron chi connectivity index (χ1n) is 9.00. The zero-order chi connectivity index (χ0) is 16.7. The van der Waals surface area contributed by atoms with E-state index >= 15 is 0 Å². The van der Waals surface area contributed by atoms with Crippen LogP contribution in [-0.4, -0.2) is 40.6 Å². The maximum Gasteiger partial charge on any atom is 0.123 e. The lowest BCUT2D eigenvalue weighted by Gasteiger charge is -2.32. The van der Waals surface area contributed by atoms with E-state index in [1.807, 2.05) is 12.2 Å². The summed E-state index contributed by atoms with van der Waals surface area (Å²) in [5.41, 5.74) is 2.07. The predicted molar refractivity (Wildman–Crippen MR) is 99.2 cm³/mol. The number of imidazole rings is 1. The first-order chi connectivity index (χ1) is 11.2. The van der Waals surface area contributed by atoms with Crippen molar-refractivity contribution in [3.8, 4) is 0 Å². The number of nitrogens with one attached hydrogen (secondary N) is 1. The van der Waals surface area contributed by atoms with Crippen molar-refractivity contribution in [3.63, 3.8) is 0 Å². The Morgan fingerprint density at radius 1 is 1.30 bits per heavy atom. The van der Waals surface area contributed by atoms with Gasteiger partial charge in [-0.3, -0.25) is 0 Å². The minimum absolute atomic E-state index is 0.694. The Morgan fingerprint density at radius 3 is 2.78 bits per heavy atom. The second-order valence-corrected chi connectivity index (χ2v) is 6.40. The Morgan fingerprint density at radius 2 is 2.13 bits per heavy atom. The molecule has 2 rings (SSSR count). The molecule has 1 aliphatic rings. The van der Waals surface area contributed by atoms with Crippen molar-refractivity contribution >= 4 is 12.2 Å². The van der Waals surface area contributed by atoms with E-state index in [0.29, 0.717) is 5.92 Å². The van der Waals surface area contributed by atoms with E-state index < -0.39 is 0 Å². The smallest absolute Gasteiger partial charge is 0.123 e. The zero-order valence-corrected chi connectivity index (χ0v) is 14.9. The lowest BCUT2D eigenvalue weighted by atomic mass is 9.97. The van der Waals surface area contributed by atoms with Crippen LogP contribution in [0, 0.1) is 5.92 Å². The number of hydrogen-bond donors (Lipinski definition) is 1. The van der Waals surface area contributed by atoms with Gasteiger partial charge in [0.15, 0.2) is 0 Å². The Hall–Kier alpha value is -1.39. The van der Waals surface area contributed by atoms with Gasteiger partial charge in [-0.1, -0.05) is 27.0 Å². The van der Waals surface area contributed by atoms with Gasteiger partial charge in [-0.15, -0.1) is 0 Å². The summed E-state index contributed by atoms with van der Waals surface area (Å²) in [7, 11) is 0. The first kappa shape index (κ1) is 18.0. The van der Waals surface area contributed by atoms with E-state index in [-0.39, 0.29) is 0 Å². The maximum atomic E-state index is 4.77. The van der Waals surface area contributed by atoms with Crippen molar-refractivity contribution < 1.29 is 0 Å². The molecule has 0 bridgehead atoms. The Kier molecular flexibility index (Phi) is 7.06. The highest BCUT2D eigenvalue weighted by Gasteiger charge is 2.22. The van der Waals surface area contributed by atoms with Crippen molar-refractivity contribution in [3.05, 3.63) is 30.4 Å². The average molecular weight is 316 g/mol. The molecule has 0 aliphatic carbocycles. The molecule has 1 aromatic rings. The van der Waals surface area contributed by atoms with E-state index in [1.165, 1.54) is 25.9 Å². The quantitative estimate of drug-likeness (QED) is 0.709. The summed E-state index contributed by atoms with van der Waals surface area (Å²) < 4.78 is 2.36. The molecule has 0 spiro atoms. The third-order valence-electron chi connectivity index (χ3n) is 4.70. The summed E-state index contributed by atoms with van der Waals surface area (Å²) >= 11 is 0. The molecule has 0 amide bonds. The number of rotatable bonds is 9. The second kappa shape index (κ2) is 9.04. The molecular weight excluding hydrogens is 284 g/mol. The molecule has 128 valence electrons. The molecule has 0 unspecified atom stereocenters. The van der Waals surface area contributed by atoms with Crippen molar-refractivity contribution in [2.24, 2.45) is 5.92 Å². The highest BCUT2D eigenvalue weighted by Crippen LogP contribution is 2.22. The van der Waals surface area contributed by atoms with Crippen molar-refractivity contribution in [2.45, 2.75) is 46.2 Å². The summed E-state index contributed by atoms with van der Waals surface area (Å²) in [6.45, 7) is 18.8. The molecule has 1 aromatic heterocycles. The van der Waals surface area contributed by atoms with Crippen molar-refractivity contribution in [2.75, 3.05) is 26.2 Å². The number of likely N-dealkylation sites (tertiary alicyclic amines) is 1. The summed E-state index contributed by atoms with van der Waals surface area (Å²) in [4.78, 5) is 7.33. The highest BCUT2D eigenvalue weighted by molar-refractivity contribution is 5.58. The number of nitrogens with zero attached hydrogens (tertiary/aromatic N) is 3. The molecule has 1 saturated heterocycles. The lowest BCUT2D eigenvalue weighted by Crippen LogP contribution is -2.37. The average Bonchev–Trinajstić information content (AvgIpc) is 2.92. The molecule has 1 N–H and O–H groups in total. The van der Waals surface area contributed by atoms with Gasteiger partial charge in [-0.25, -0.2) is 4.98 Å². The molecule has 4 heteroatoms. The third kappa shape index (κ3) is 4.55. The molecule has 0 saturated carbocycles. The van der Waals surface area contributed by atoms with Gasteiger partial charge >= 0.3 is 0 Å². The summed E-state index contributed by atoms with van der Waals surface area (Å²) in [6.07, 6.45) is 7.51. The van der Waals surface area contributed by atoms with Crippen LogP contribution < -0.4 is 5.32 Å². The maximum absolute atomic E-state index is 4.77. The van der Waals surface area contributed by atoms with E-state index in [0.717, 1.165) is 49.8 Å². The van der Waals surface area contributed by atoms with Gasteiger partial charge in [0.25, 0.3) is 0 Å². The minimum atomic E-state index is 0.694. The molecule has 1 atom stereocenters. The topological polar surface area (TPSA) is 33.1 Å². The Bertz CT molecular complexity index is 518. The van der Waals surface area contributed by atoms with Gasteiger partial charge in [0, 0.05) is 13.1 Å². The van der Waals surface area contributed by atoms with Crippen molar-refractivity contribution in [1.29, 1.82) is 0 Å². The molecule has 23 heavy (non-hydrogen) atoms. The molecule has 1 aliphatic heterocycles. The molecule has 0 radical (unpaired) electrons. The highest BCUT2D eigenvalue weighted by atomic mass is 15.2. The minimum Gasteiger partial charge on any atom is -0.327 e. The first-order valence-corrected chi connectivity index (χ1v) is 9.00. The van der Waals surface area contributed by atoms with E-state index in [9.17, 15) is 0 Å². The number of aromatic nitrogens is 2. The van der Waals surface area contributed by atoms with Crippen LogP contribution in [0.1, 0.15) is 50.3 Å². The summed E-state index contributed by atoms with van der Waals surface area (Å²) in [6, 6.07) is 0. The SMILES string of the molecule is C=Cc1nc(CNCCC)n(C[C@H]2CCCN(CC)C2)c1C=C. The van der Waals surface area contributed by atoms with Crippen LogP contribution in [0.5, 0.6) is 0 Å². The fourth-order valence-electron chi connectivity index (χ4n) is 3.46. The monoisotopic (exact) mass is 316 g/mol. The van der Waals surface area contributed by atoms with Gasteiger partial charge in [-0.2, -0.15) is 0 Å². The van der Waals surface area contributed by atoms with Gasteiger partial charge in [-0.05, 0) is 57.0 Å². The Labute approximate surface area is 141 Å². The van der Waals surface area contributed by atoms with E-state index in [1.54, 1.807) is 0 Å². The number of piperidine rings is 1.